The predicted octanol–water partition coefficient (Wildman–Crippen LogP) is 6.28. The first-order chi connectivity index (χ1) is 13.9. The van der Waals surface area contributed by atoms with Gasteiger partial charge in [-0.15, -0.1) is 0 Å². The maximum absolute atomic E-state index is 13.2. The van der Waals surface area contributed by atoms with Gasteiger partial charge in [0.15, 0.2) is 0 Å². The average molecular weight is 396 g/mol. The van der Waals surface area contributed by atoms with Gasteiger partial charge >= 0.3 is 5.97 Å². The van der Waals surface area contributed by atoms with Gasteiger partial charge in [-0.05, 0) is 53.4 Å². The van der Waals surface area contributed by atoms with Crippen LogP contribution in [-0.2, 0) is 0 Å². The predicted molar refractivity (Wildman–Crippen MR) is 108 cm³/mol. The van der Waals surface area contributed by atoms with Gasteiger partial charge in [0.2, 0.25) is 0 Å². The summed E-state index contributed by atoms with van der Waals surface area (Å²) >= 11 is 0. The molecule has 0 saturated carbocycles. The van der Waals surface area contributed by atoms with Gasteiger partial charge < -0.3 is 9.47 Å². The minimum atomic E-state index is -0.830. The van der Waals surface area contributed by atoms with Crippen LogP contribution in [0.15, 0.2) is 66.7 Å². The fourth-order valence-corrected chi connectivity index (χ4v) is 2.65. The van der Waals surface area contributed by atoms with Gasteiger partial charge in [-0.2, -0.15) is 0 Å². The van der Waals surface area contributed by atoms with Crippen molar-refractivity contribution >= 4 is 5.97 Å². The number of hydrogen-bond acceptors (Lipinski definition) is 3. The van der Waals surface area contributed by atoms with E-state index in [0.717, 1.165) is 35.4 Å². The molecule has 0 aliphatic rings. The topological polar surface area (TPSA) is 35.5 Å². The molecule has 0 aliphatic carbocycles. The summed E-state index contributed by atoms with van der Waals surface area (Å²) in [6.45, 7) is 4.97. The third-order valence-corrected chi connectivity index (χ3v) is 4.58. The van der Waals surface area contributed by atoms with E-state index in [1.54, 1.807) is 12.1 Å². The number of ether oxygens (including phenoxy) is 2. The molecule has 0 spiro atoms. The lowest BCUT2D eigenvalue weighted by atomic mass is 10.1. The molecule has 0 heterocycles. The van der Waals surface area contributed by atoms with E-state index < -0.39 is 17.6 Å². The standard InChI is InChI=1S/C24H22F2O3/c1-3-16(2)15-28-22-8-4-17(5-9-22)18-6-10-23(11-7-18)29-24(27)19-12-20(25)14-21(26)13-19/h4-14,16H,3,15H2,1-2H3/t16-/m0/s1. The smallest absolute Gasteiger partial charge is 0.343 e. The monoisotopic (exact) mass is 396 g/mol. The normalized spacial score (nSPS) is 11.7. The van der Waals surface area contributed by atoms with Crippen LogP contribution in [0.3, 0.4) is 0 Å². The van der Waals surface area contributed by atoms with Crippen LogP contribution in [-0.4, -0.2) is 12.6 Å². The summed E-state index contributed by atoms with van der Waals surface area (Å²) < 4.78 is 37.4. The van der Waals surface area contributed by atoms with Crippen molar-refractivity contribution in [3.63, 3.8) is 0 Å². The zero-order valence-corrected chi connectivity index (χ0v) is 16.3. The SMILES string of the molecule is CC[C@H](C)COc1ccc(-c2ccc(OC(=O)c3cc(F)cc(F)c3)cc2)cc1. The van der Waals surface area contributed by atoms with Crippen LogP contribution < -0.4 is 9.47 Å². The molecule has 0 amide bonds. The molecule has 5 heteroatoms. The summed E-state index contributed by atoms with van der Waals surface area (Å²) in [5.41, 5.74) is 1.75. The van der Waals surface area contributed by atoms with Crippen LogP contribution in [0.4, 0.5) is 8.78 Å². The van der Waals surface area contributed by atoms with E-state index in [2.05, 4.69) is 13.8 Å². The molecule has 3 aromatic carbocycles. The minimum Gasteiger partial charge on any atom is -0.493 e. The van der Waals surface area contributed by atoms with Crippen molar-refractivity contribution in [3.8, 4) is 22.6 Å². The van der Waals surface area contributed by atoms with Crippen molar-refractivity contribution < 1.29 is 23.0 Å². The number of carbonyl (C=O) groups excluding carboxylic acids is 1. The van der Waals surface area contributed by atoms with Crippen molar-refractivity contribution in [2.45, 2.75) is 20.3 Å². The van der Waals surface area contributed by atoms with E-state index in [-0.39, 0.29) is 11.3 Å². The zero-order chi connectivity index (χ0) is 20.8. The highest BCUT2D eigenvalue weighted by Gasteiger charge is 2.12. The maximum Gasteiger partial charge on any atom is 0.343 e. The molecule has 0 radical (unpaired) electrons. The third kappa shape index (κ3) is 5.64. The Morgan fingerprint density at radius 2 is 1.38 bits per heavy atom. The number of hydrogen-bond donors (Lipinski definition) is 0. The third-order valence-electron chi connectivity index (χ3n) is 4.58. The molecule has 1 atom stereocenters. The number of rotatable bonds is 7. The molecular formula is C24H22F2O3. The molecule has 0 fully saturated rings. The summed E-state index contributed by atoms with van der Waals surface area (Å²) in [4.78, 5) is 12.1. The van der Waals surface area contributed by atoms with Crippen LogP contribution in [0.2, 0.25) is 0 Å². The molecule has 3 aromatic rings. The Hall–Kier alpha value is -3.21. The lowest BCUT2D eigenvalue weighted by molar-refractivity contribution is 0.0733. The Balaban J connectivity index is 1.64. The lowest BCUT2D eigenvalue weighted by Crippen LogP contribution is -2.09. The molecule has 3 rings (SSSR count). The van der Waals surface area contributed by atoms with Gasteiger partial charge in [0.25, 0.3) is 0 Å². The van der Waals surface area contributed by atoms with Crippen LogP contribution >= 0.6 is 0 Å². The second-order valence-electron chi connectivity index (χ2n) is 6.92. The first kappa shape index (κ1) is 20.5. The molecule has 150 valence electrons. The van der Waals surface area contributed by atoms with Gasteiger partial charge in [0, 0.05) is 6.07 Å². The Morgan fingerprint density at radius 1 is 0.862 bits per heavy atom. The van der Waals surface area contributed by atoms with Gasteiger partial charge in [-0.25, -0.2) is 13.6 Å². The minimum absolute atomic E-state index is 0.181. The van der Waals surface area contributed by atoms with E-state index in [4.69, 9.17) is 9.47 Å². The van der Waals surface area contributed by atoms with E-state index >= 15 is 0 Å². The largest absolute Gasteiger partial charge is 0.493 e. The van der Waals surface area contributed by atoms with E-state index in [1.807, 2.05) is 36.4 Å². The van der Waals surface area contributed by atoms with Crippen molar-refractivity contribution in [1.82, 2.24) is 0 Å². The van der Waals surface area contributed by atoms with Gasteiger partial charge in [0.05, 0.1) is 12.2 Å². The highest BCUT2D eigenvalue weighted by atomic mass is 19.1. The highest BCUT2D eigenvalue weighted by molar-refractivity contribution is 5.91. The van der Waals surface area contributed by atoms with Gasteiger partial charge in [0.1, 0.15) is 23.1 Å². The Bertz CT molecular complexity index is 946. The summed E-state index contributed by atoms with van der Waals surface area (Å²) in [5.74, 6) is -0.862. The van der Waals surface area contributed by atoms with Crippen LogP contribution in [0.25, 0.3) is 11.1 Å². The highest BCUT2D eigenvalue weighted by Crippen LogP contribution is 2.25. The van der Waals surface area contributed by atoms with Crippen LogP contribution in [0.1, 0.15) is 30.6 Å². The van der Waals surface area contributed by atoms with Crippen LogP contribution in [0.5, 0.6) is 11.5 Å². The van der Waals surface area contributed by atoms with E-state index in [0.29, 0.717) is 18.6 Å². The Morgan fingerprint density at radius 3 is 1.90 bits per heavy atom. The van der Waals surface area contributed by atoms with Crippen molar-refractivity contribution in [2.24, 2.45) is 5.92 Å². The summed E-state index contributed by atoms with van der Waals surface area (Å²) in [7, 11) is 0. The van der Waals surface area contributed by atoms with E-state index in [1.165, 1.54) is 0 Å². The lowest BCUT2D eigenvalue weighted by Gasteiger charge is -2.11. The van der Waals surface area contributed by atoms with Crippen molar-refractivity contribution in [1.29, 1.82) is 0 Å². The summed E-state index contributed by atoms with van der Waals surface area (Å²) in [5, 5.41) is 0. The number of esters is 1. The van der Waals surface area contributed by atoms with Crippen LogP contribution in [0, 0.1) is 17.6 Å². The molecule has 0 unspecified atom stereocenters. The van der Waals surface area contributed by atoms with Crippen molar-refractivity contribution in [3.05, 3.63) is 83.9 Å². The fourth-order valence-electron chi connectivity index (χ4n) is 2.65. The molecule has 3 nitrogen and oxygen atoms in total. The first-order valence-electron chi connectivity index (χ1n) is 9.46. The van der Waals surface area contributed by atoms with E-state index in [9.17, 15) is 13.6 Å². The molecule has 0 aliphatic heterocycles. The quantitative estimate of drug-likeness (QED) is 0.348. The molecular weight excluding hydrogens is 374 g/mol. The maximum atomic E-state index is 13.2. The second kappa shape index (κ2) is 9.32. The second-order valence-corrected chi connectivity index (χ2v) is 6.92. The first-order valence-corrected chi connectivity index (χ1v) is 9.46. The fraction of sp³-hybridized carbons (Fsp3) is 0.208. The molecule has 0 bridgehead atoms. The molecule has 29 heavy (non-hydrogen) atoms. The Labute approximate surface area is 168 Å². The molecule has 0 saturated heterocycles. The number of carbonyl (C=O) groups is 1. The summed E-state index contributed by atoms with van der Waals surface area (Å²) in [6, 6.07) is 17.2. The average Bonchev–Trinajstić information content (AvgIpc) is 2.72. The zero-order valence-electron chi connectivity index (χ0n) is 16.3. The van der Waals surface area contributed by atoms with Gasteiger partial charge in [-0.3, -0.25) is 0 Å². The van der Waals surface area contributed by atoms with Gasteiger partial charge in [-0.1, -0.05) is 44.5 Å². The summed E-state index contributed by atoms with van der Waals surface area (Å²) in [6.07, 6.45) is 1.07. The molecule has 0 N–H and O–H groups in total. The molecule has 0 aromatic heterocycles. The number of benzene rings is 3. The van der Waals surface area contributed by atoms with Crippen molar-refractivity contribution in [2.75, 3.05) is 6.61 Å². The number of halogens is 2. The Kier molecular flexibility index (Phi) is 6.60.